The second-order valence-electron chi connectivity index (χ2n) is 7.76. The smallest absolute Gasteiger partial charge is 0.232 e. The predicted octanol–water partition coefficient (Wildman–Crippen LogP) is 4.86. The van der Waals surface area contributed by atoms with Crippen LogP contribution in [-0.4, -0.2) is 30.0 Å². The second kappa shape index (κ2) is 6.13. The molecule has 0 bridgehead atoms. The van der Waals surface area contributed by atoms with Crippen LogP contribution >= 0.6 is 0 Å². The van der Waals surface area contributed by atoms with Gasteiger partial charge in [0.15, 0.2) is 11.4 Å². The fourth-order valence-corrected chi connectivity index (χ4v) is 4.72. The molecule has 0 saturated heterocycles. The molecule has 6 rings (SSSR count). The predicted molar refractivity (Wildman–Crippen MR) is 120 cm³/mol. The summed E-state index contributed by atoms with van der Waals surface area (Å²) in [6.07, 6.45) is 10.4. The lowest BCUT2D eigenvalue weighted by atomic mass is 9.77. The Hall–Kier alpha value is -3.73. The van der Waals surface area contributed by atoms with Gasteiger partial charge in [-0.25, -0.2) is 15.0 Å². The molecule has 1 aliphatic carbocycles. The van der Waals surface area contributed by atoms with E-state index in [-0.39, 0.29) is 5.92 Å². The molecule has 0 saturated carbocycles. The van der Waals surface area contributed by atoms with Gasteiger partial charge < -0.3 is 4.74 Å². The number of fused-ring (bicyclic) bond motifs is 2. The Kier molecular flexibility index (Phi) is 3.51. The van der Waals surface area contributed by atoms with Gasteiger partial charge in [0, 0.05) is 11.8 Å². The van der Waals surface area contributed by atoms with Gasteiger partial charge in [0.1, 0.15) is 5.75 Å². The number of hydrogen-bond acceptors (Lipinski definition) is 5. The van der Waals surface area contributed by atoms with Crippen LogP contribution in [0.15, 0.2) is 93.4 Å². The lowest BCUT2D eigenvalue weighted by Crippen LogP contribution is -2.43. The standard InChI is InChI=1S/C25H20N4O/c1-16-6-5-8-20(16)25(17-10-12-18(30-2)13-11-17)23-27-21-9-4-3-7-19(21)22-14-15-26-24(28-25)29(22)23/h3-16H,1-2H3. The molecule has 146 valence electrons. The maximum Gasteiger partial charge on any atom is 0.232 e. The Morgan fingerprint density at radius 1 is 1.03 bits per heavy atom. The number of guanidine groups is 1. The van der Waals surface area contributed by atoms with Crippen molar-refractivity contribution in [1.82, 2.24) is 4.90 Å². The van der Waals surface area contributed by atoms with Crippen LogP contribution in [0.25, 0.3) is 5.70 Å². The molecule has 3 heterocycles. The van der Waals surface area contributed by atoms with Gasteiger partial charge in [-0.05, 0) is 41.3 Å². The highest BCUT2D eigenvalue weighted by Gasteiger charge is 2.54. The van der Waals surface area contributed by atoms with Crippen molar-refractivity contribution < 1.29 is 4.74 Å². The highest BCUT2D eigenvalue weighted by Crippen LogP contribution is 2.51. The zero-order valence-corrected chi connectivity index (χ0v) is 16.8. The Balaban J connectivity index is 1.66. The van der Waals surface area contributed by atoms with E-state index in [9.17, 15) is 0 Å². The molecule has 0 N–H and O–H groups in total. The lowest BCUT2D eigenvalue weighted by Gasteiger charge is -2.36. The summed E-state index contributed by atoms with van der Waals surface area (Å²) in [6, 6.07) is 16.4. The molecule has 0 radical (unpaired) electrons. The van der Waals surface area contributed by atoms with Crippen molar-refractivity contribution in [2.75, 3.05) is 7.11 Å². The van der Waals surface area contributed by atoms with Crippen molar-refractivity contribution in [3.63, 3.8) is 0 Å². The third-order valence-corrected chi connectivity index (χ3v) is 6.16. The van der Waals surface area contributed by atoms with Crippen molar-refractivity contribution in [3.05, 3.63) is 89.5 Å². The number of ether oxygens (including phenoxy) is 1. The number of benzene rings is 2. The maximum atomic E-state index is 5.40. The van der Waals surface area contributed by atoms with E-state index >= 15 is 0 Å². The molecule has 0 amide bonds. The van der Waals surface area contributed by atoms with E-state index in [1.54, 1.807) is 7.11 Å². The van der Waals surface area contributed by atoms with Crippen molar-refractivity contribution in [3.8, 4) is 5.75 Å². The summed E-state index contributed by atoms with van der Waals surface area (Å²) >= 11 is 0. The van der Waals surface area contributed by atoms with Gasteiger partial charge in [-0.1, -0.05) is 55.5 Å². The molecule has 4 aliphatic rings. The van der Waals surface area contributed by atoms with Crippen LogP contribution in [0, 0.1) is 5.92 Å². The van der Waals surface area contributed by atoms with Crippen LogP contribution in [0.2, 0.25) is 0 Å². The number of aliphatic imine (C=N–C) groups is 3. The van der Waals surface area contributed by atoms with Gasteiger partial charge in [-0.2, -0.15) is 0 Å². The van der Waals surface area contributed by atoms with Crippen molar-refractivity contribution in [1.29, 1.82) is 0 Å². The van der Waals surface area contributed by atoms with Gasteiger partial charge in [0.05, 0.1) is 18.5 Å². The van der Waals surface area contributed by atoms with E-state index in [0.29, 0.717) is 5.96 Å². The van der Waals surface area contributed by atoms with Crippen molar-refractivity contribution in [2.24, 2.45) is 20.9 Å². The minimum Gasteiger partial charge on any atom is -0.497 e. The number of rotatable bonds is 3. The van der Waals surface area contributed by atoms with Crippen LogP contribution in [0.4, 0.5) is 5.69 Å². The van der Waals surface area contributed by atoms with Gasteiger partial charge in [-0.3, -0.25) is 4.90 Å². The summed E-state index contributed by atoms with van der Waals surface area (Å²) in [6.45, 7) is 2.20. The molecule has 2 unspecified atom stereocenters. The number of para-hydroxylation sites is 1. The third-order valence-electron chi connectivity index (χ3n) is 6.16. The Morgan fingerprint density at radius 3 is 2.63 bits per heavy atom. The highest BCUT2D eigenvalue weighted by molar-refractivity contribution is 6.24. The van der Waals surface area contributed by atoms with Crippen LogP contribution < -0.4 is 4.74 Å². The molecule has 2 aromatic carbocycles. The van der Waals surface area contributed by atoms with Gasteiger partial charge in [0.25, 0.3) is 0 Å². The van der Waals surface area contributed by atoms with E-state index in [4.69, 9.17) is 14.7 Å². The number of methoxy groups -OCH3 is 1. The van der Waals surface area contributed by atoms with E-state index < -0.39 is 5.54 Å². The summed E-state index contributed by atoms with van der Waals surface area (Å²) in [5, 5.41) is 0. The molecule has 0 spiro atoms. The second-order valence-corrected chi connectivity index (χ2v) is 7.76. The molecule has 2 atom stereocenters. The zero-order valence-electron chi connectivity index (χ0n) is 16.8. The first-order valence-electron chi connectivity index (χ1n) is 10.1. The SMILES string of the molecule is COc1ccc(C2(C3=CC=CC3C)N=C3N=CC=C4c5ccccc5N=C2N43)cc1. The fourth-order valence-electron chi connectivity index (χ4n) is 4.72. The topological polar surface area (TPSA) is 49.6 Å². The first kappa shape index (κ1) is 17.2. The average molecular weight is 392 g/mol. The molecule has 3 aliphatic heterocycles. The molecular weight excluding hydrogens is 372 g/mol. The summed E-state index contributed by atoms with van der Waals surface area (Å²) < 4.78 is 5.40. The van der Waals surface area contributed by atoms with Gasteiger partial charge in [0.2, 0.25) is 5.96 Å². The fraction of sp³-hybridized carbons (Fsp3) is 0.160. The summed E-state index contributed by atoms with van der Waals surface area (Å²) in [5.41, 5.74) is 4.63. The number of hydrogen-bond donors (Lipinski definition) is 0. The van der Waals surface area contributed by atoms with E-state index in [2.05, 4.69) is 59.3 Å². The normalized spacial score (nSPS) is 25.3. The van der Waals surface area contributed by atoms with Crippen molar-refractivity contribution >= 4 is 29.4 Å². The first-order valence-corrected chi connectivity index (χ1v) is 10.1. The molecule has 0 aromatic heterocycles. The Morgan fingerprint density at radius 2 is 1.87 bits per heavy atom. The molecule has 2 aromatic rings. The van der Waals surface area contributed by atoms with Gasteiger partial charge in [-0.15, -0.1) is 0 Å². The average Bonchev–Trinajstić information content (AvgIpc) is 3.37. The van der Waals surface area contributed by atoms with E-state index in [1.165, 1.54) is 5.57 Å². The van der Waals surface area contributed by atoms with Crippen LogP contribution in [0.1, 0.15) is 18.1 Å². The summed E-state index contributed by atoms with van der Waals surface area (Å²) in [4.78, 5) is 17.1. The molecular formula is C25H20N4O. The Labute approximate surface area is 175 Å². The largest absolute Gasteiger partial charge is 0.497 e. The van der Waals surface area contributed by atoms with Crippen LogP contribution in [-0.2, 0) is 5.54 Å². The zero-order chi connectivity index (χ0) is 20.3. The Bertz CT molecular complexity index is 1250. The van der Waals surface area contributed by atoms with Crippen molar-refractivity contribution in [2.45, 2.75) is 12.5 Å². The molecule has 5 heteroatoms. The lowest BCUT2D eigenvalue weighted by molar-refractivity contribution is 0.414. The molecule has 0 fully saturated rings. The summed E-state index contributed by atoms with van der Waals surface area (Å²) in [7, 11) is 1.68. The first-order chi connectivity index (χ1) is 14.7. The summed E-state index contributed by atoms with van der Waals surface area (Å²) in [5.74, 6) is 2.62. The monoisotopic (exact) mass is 392 g/mol. The quantitative estimate of drug-likeness (QED) is 0.749. The number of allylic oxidation sites excluding steroid dienone is 4. The highest BCUT2D eigenvalue weighted by atomic mass is 16.5. The molecule has 5 nitrogen and oxygen atoms in total. The van der Waals surface area contributed by atoms with Crippen LogP contribution in [0.3, 0.4) is 0 Å². The van der Waals surface area contributed by atoms with E-state index in [0.717, 1.165) is 34.1 Å². The van der Waals surface area contributed by atoms with E-state index in [1.807, 2.05) is 36.6 Å². The van der Waals surface area contributed by atoms with Gasteiger partial charge >= 0.3 is 0 Å². The molecule has 30 heavy (non-hydrogen) atoms. The maximum absolute atomic E-state index is 5.40. The minimum atomic E-state index is -0.737. The minimum absolute atomic E-state index is 0.245. The van der Waals surface area contributed by atoms with Crippen LogP contribution in [0.5, 0.6) is 5.75 Å². The third kappa shape index (κ3) is 2.15. The number of amidine groups is 1. The number of nitrogens with zero attached hydrogens (tertiary/aromatic N) is 4.